The normalized spacial score (nSPS) is 12.6. The molecular weight excluding hydrogens is 452 g/mol. The molecule has 1 N–H and O–H groups in total. The van der Waals surface area contributed by atoms with Gasteiger partial charge in [0.05, 0.1) is 18.5 Å². The molecule has 36 heavy (non-hydrogen) atoms. The molecule has 1 atom stereocenters. The number of para-hydroxylation sites is 1. The zero-order chi connectivity index (χ0) is 25.7. The van der Waals surface area contributed by atoms with E-state index in [0.29, 0.717) is 5.39 Å². The minimum atomic E-state index is -0.198. The van der Waals surface area contributed by atoms with Gasteiger partial charge < -0.3 is 10.1 Å². The number of nitrogens with one attached hydrogen (secondary N) is 1. The van der Waals surface area contributed by atoms with E-state index in [0.717, 1.165) is 33.7 Å². The third kappa shape index (κ3) is 4.84. The number of hydrazone groups is 1. The van der Waals surface area contributed by atoms with Gasteiger partial charge in [-0.2, -0.15) is 5.10 Å². The third-order valence-electron chi connectivity index (χ3n) is 5.93. The lowest BCUT2D eigenvalue weighted by Gasteiger charge is -2.26. The molecule has 4 rings (SSSR count). The number of benzene rings is 2. The van der Waals surface area contributed by atoms with Crippen LogP contribution >= 0.6 is 0 Å². The summed E-state index contributed by atoms with van der Waals surface area (Å²) in [6.07, 6.45) is 7.04. The summed E-state index contributed by atoms with van der Waals surface area (Å²) in [5.74, 6) is 0.830. The molecule has 0 radical (unpaired) electrons. The Labute approximate surface area is 210 Å². The Morgan fingerprint density at radius 3 is 2.47 bits per heavy atom. The number of hydrogen-bond donors (Lipinski definition) is 1. The van der Waals surface area contributed by atoms with Crippen molar-refractivity contribution >= 4 is 17.0 Å². The minimum Gasteiger partial charge on any atom is -0.467 e. The number of hydrogen-bond acceptors (Lipinski definition) is 7. The molecule has 4 aromatic rings. The van der Waals surface area contributed by atoms with Crippen LogP contribution in [0, 0.1) is 0 Å². The van der Waals surface area contributed by atoms with Gasteiger partial charge in [-0.1, -0.05) is 36.4 Å². The number of fused-ring (bicyclic) bond motifs is 1. The van der Waals surface area contributed by atoms with Gasteiger partial charge in [-0.15, -0.1) is 0 Å². The van der Waals surface area contributed by atoms with Crippen LogP contribution in [0.25, 0.3) is 27.6 Å². The number of pyridine rings is 1. The van der Waals surface area contributed by atoms with Crippen molar-refractivity contribution in [3.63, 3.8) is 0 Å². The molecule has 184 valence electrons. The van der Waals surface area contributed by atoms with Gasteiger partial charge in [0.1, 0.15) is 5.82 Å². The standard InChI is InChI=1S/C28H30N6O2/c1-6-25(33(4)31-7-2)32-19(3)24-16-20-12-11-15-23(21-17-29-28(36-5)30-18-21)26(20)27(35)34(24)22-13-9-8-10-14-22/h6-19,32H,1-5H3/b25-6-,31-7-/t19-/m0/s1. The van der Waals surface area contributed by atoms with Gasteiger partial charge in [0.2, 0.25) is 0 Å². The van der Waals surface area contributed by atoms with E-state index in [2.05, 4.69) is 26.5 Å². The lowest BCUT2D eigenvalue weighted by molar-refractivity contribution is 0.380. The summed E-state index contributed by atoms with van der Waals surface area (Å²) < 4.78 is 6.86. The molecule has 0 aliphatic rings. The predicted octanol–water partition coefficient (Wildman–Crippen LogP) is 4.91. The minimum absolute atomic E-state index is 0.115. The molecule has 0 amide bonds. The predicted molar refractivity (Wildman–Crippen MR) is 144 cm³/mol. The largest absolute Gasteiger partial charge is 0.467 e. The Morgan fingerprint density at radius 1 is 1.11 bits per heavy atom. The Morgan fingerprint density at radius 2 is 1.83 bits per heavy atom. The maximum atomic E-state index is 14.2. The second-order valence-electron chi connectivity index (χ2n) is 8.21. The Bertz CT molecular complexity index is 1460. The number of ether oxygens (including phenoxy) is 1. The van der Waals surface area contributed by atoms with Gasteiger partial charge in [-0.05, 0) is 56.0 Å². The highest BCUT2D eigenvalue weighted by Gasteiger charge is 2.20. The molecule has 0 fully saturated rings. The molecule has 2 heterocycles. The van der Waals surface area contributed by atoms with Crippen LogP contribution in [0.4, 0.5) is 0 Å². The molecule has 0 spiro atoms. The summed E-state index contributed by atoms with van der Waals surface area (Å²) >= 11 is 0. The molecule has 0 saturated heterocycles. The van der Waals surface area contributed by atoms with E-state index in [-0.39, 0.29) is 17.6 Å². The maximum Gasteiger partial charge on any atom is 0.316 e. The van der Waals surface area contributed by atoms with Crippen LogP contribution in [0.2, 0.25) is 0 Å². The number of methoxy groups -OCH3 is 1. The summed E-state index contributed by atoms with van der Waals surface area (Å²) in [4.78, 5) is 22.7. The van der Waals surface area contributed by atoms with Crippen LogP contribution in [0.5, 0.6) is 6.01 Å². The highest BCUT2D eigenvalue weighted by molar-refractivity contribution is 5.96. The topological polar surface area (TPSA) is 84.6 Å². The number of nitrogens with zero attached hydrogens (tertiary/aromatic N) is 5. The zero-order valence-corrected chi connectivity index (χ0v) is 21.1. The lowest BCUT2D eigenvalue weighted by atomic mass is 9.99. The van der Waals surface area contributed by atoms with E-state index in [1.807, 2.05) is 82.4 Å². The third-order valence-corrected chi connectivity index (χ3v) is 5.93. The molecule has 0 bridgehead atoms. The first kappa shape index (κ1) is 24.7. The summed E-state index contributed by atoms with van der Waals surface area (Å²) in [6.45, 7) is 5.86. The molecule has 2 aromatic heterocycles. The molecular formula is C28H30N6O2. The van der Waals surface area contributed by atoms with E-state index in [1.165, 1.54) is 7.11 Å². The van der Waals surface area contributed by atoms with Crippen molar-refractivity contribution in [3.8, 4) is 22.8 Å². The van der Waals surface area contributed by atoms with Crippen molar-refractivity contribution in [3.05, 3.63) is 94.9 Å². The fourth-order valence-electron chi connectivity index (χ4n) is 4.24. The first-order valence-corrected chi connectivity index (χ1v) is 11.7. The van der Waals surface area contributed by atoms with Gasteiger partial charge in [-0.25, -0.2) is 9.97 Å². The first-order valence-electron chi connectivity index (χ1n) is 11.7. The summed E-state index contributed by atoms with van der Waals surface area (Å²) in [7, 11) is 3.40. The van der Waals surface area contributed by atoms with E-state index in [9.17, 15) is 4.79 Å². The molecule has 0 aliphatic carbocycles. The highest BCUT2D eigenvalue weighted by Crippen LogP contribution is 2.29. The quantitative estimate of drug-likeness (QED) is 0.284. The number of rotatable bonds is 8. The van der Waals surface area contributed by atoms with E-state index in [4.69, 9.17) is 4.74 Å². The van der Waals surface area contributed by atoms with Crippen LogP contribution in [-0.2, 0) is 0 Å². The number of allylic oxidation sites excluding steroid dienone is 1. The van der Waals surface area contributed by atoms with Gasteiger partial charge >= 0.3 is 6.01 Å². The average Bonchev–Trinajstić information content (AvgIpc) is 2.91. The second-order valence-corrected chi connectivity index (χ2v) is 8.21. The second kappa shape index (κ2) is 10.9. The van der Waals surface area contributed by atoms with Crippen molar-refractivity contribution in [1.82, 2.24) is 24.9 Å². The lowest BCUT2D eigenvalue weighted by Crippen LogP contribution is -2.32. The Balaban J connectivity index is 1.93. The first-order chi connectivity index (χ1) is 17.5. The summed E-state index contributed by atoms with van der Waals surface area (Å²) in [5.41, 5.74) is 3.01. The van der Waals surface area contributed by atoms with Crippen molar-refractivity contribution in [2.45, 2.75) is 26.8 Å². The highest BCUT2D eigenvalue weighted by atomic mass is 16.5. The van der Waals surface area contributed by atoms with Crippen molar-refractivity contribution < 1.29 is 4.74 Å². The van der Waals surface area contributed by atoms with Gasteiger partial charge in [-0.3, -0.25) is 14.4 Å². The SMILES string of the molecule is C/C=N\N(C)/C(=C\C)N[C@@H](C)c1cc2cccc(-c3cnc(OC)nc3)c2c(=O)n1-c1ccccc1. The van der Waals surface area contributed by atoms with Gasteiger partial charge in [0.15, 0.2) is 0 Å². The monoisotopic (exact) mass is 482 g/mol. The molecule has 0 unspecified atom stereocenters. The fourth-order valence-corrected chi connectivity index (χ4v) is 4.24. The summed E-state index contributed by atoms with van der Waals surface area (Å²) in [6, 6.07) is 17.6. The number of aromatic nitrogens is 3. The van der Waals surface area contributed by atoms with Crippen LogP contribution < -0.4 is 15.6 Å². The Hall–Kier alpha value is -4.46. The van der Waals surface area contributed by atoms with Crippen LogP contribution in [0.3, 0.4) is 0 Å². The molecule has 8 heteroatoms. The maximum absolute atomic E-state index is 14.2. The molecule has 8 nitrogen and oxygen atoms in total. The van der Waals surface area contributed by atoms with Gasteiger partial charge in [0, 0.05) is 42.6 Å². The van der Waals surface area contributed by atoms with Crippen LogP contribution in [0.15, 0.2) is 88.8 Å². The van der Waals surface area contributed by atoms with Crippen molar-refractivity contribution in [2.24, 2.45) is 5.10 Å². The smallest absolute Gasteiger partial charge is 0.316 e. The van der Waals surface area contributed by atoms with Crippen molar-refractivity contribution in [1.29, 1.82) is 0 Å². The summed E-state index contributed by atoms with van der Waals surface area (Å²) in [5, 5.41) is 11.1. The molecule has 0 saturated carbocycles. The van der Waals surface area contributed by atoms with E-state index < -0.39 is 0 Å². The van der Waals surface area contributed by atoms with Gasteiger partial charge in [0.25, 0.3) is 5.56 Å². The average molecular weight is 483 g/mol. The van der Waals surface area contributed by atoms with Crippen LogP contribution in [-0.4, -0.2) is 39.9 Å². The zero-order valence-electron chi connectivity index (χ0n) is 21.1. The van der Waals surface area contributed by atoms with Crippen LogP contribution in [0.1, 0.15) is 32.5 Å². The molecule has 0 aliphatic heterocycles. The van der Waals surface area contributed by atoms with E-state index in [1.54, 1.807) is 28.2 Å². The van der Waals surface area contributed by atoms with Crippen molar-refractivity contribution in [2.75, 3.05) is 14.2 Å². The van der Waals surface area contributed by atoms with E-state index >= 15 is 0 Å². The Kier molecular flexibility index (Phi) is 7.44. The fraction of sp³-hybridized carbons (Fsp3) is 0.214. The molecule has 2 aromatic carbocycles.